The molecule has 0 aromatic carbocycles. The molecule has 0 radical (unpaired) electrons. The lowest BCUT2D eigenvalue weighted by atomic mass is 9.88. The number of hydrogen-bond donors (Lipinski definition) is 2. The minimum atomic E-state index is -1.11. The van der Waals surface area contributed by atoms with E-state index < -0.39 is 23.5 Å². The van der Waals surface area contributed by atoms with Crippen LogP contribution in [0.1, 0.15) is 0 Å². The van der Waals surface area contributed by atoms with E-state index in [-0.39, 0.29) is 31.0 Å². The van der Waals surface area contributed by atoms with Crippen molar-refractivity contribution in [3.05, 3.63) is 12.7 Å². The molecule has 0 aromatic heterocycles. The number of methoxy groups -OCH3 is 1. The van der Waals surface area contributed by atoms with Crippen LogP contribution in [0.2, 0.25) is 0 Å². The molecule has 122 valence electrons. The van der Waals surface area contributed by atoms with Gasteiger partial charge in [-0.15, -0.1) is 11.8 Å². The van der Waals surface area contributed by atoms with Crippen molar-refractivity contribution in [1.29, 1.82) is 0 Å². The number of thioether (sulfide) groups is 1. The maximum atomic E-state index is 12.1. The minimum absolute atomic E-state index is 0.0330. The molecular weight excluding hydrogens is 312 g/mol. The number of β-lactam (4-membered cyclic amide) rings is 1. The number of fused-ring (bicyclic) bond motifs is 1. The number of nitrogens with one attached hydrogen (secondary N) is 1. The number of hydrogen-bond acceptors (Lipinski definition) is 6. The summed E-state index contributed by atoms with van der Waals surface area (Å²) in [5, 5.41) is 11.6. The van der Waals surface area contributed by atoms with Gasteiger partial charge in [0.25, 0.3) is 0 Å². The van der Waals surface area contributed by atoms with Gasteiger partial charge in [-0.2, -0.15) is 0 Å². The van der Waals surface area contributed by atoms with Gasteiger partial charge in [0.05, 0.1) is 6.61 Å². The molecule has 2 rings (SSSR count). The van der Waals surface area contributed by atoms with Crippen LogP contribution in [0, 0.1) is 5.41 Å². The highest BCUT2D eigenvalue weighted by molar-refractivity contribution is 8.00. The van der Waals surface area contributed by atoms with E-state index in [1.165, 1.54) is 29.8 Å². The van der Waals surface area contributed by atoms with Crippen molar-refractivity contribution in [3.63, 3.8) is 0 Å². The zero-order chi connectivity index (χ0) is 16.3. The van der Waals surface area contributed by atoms with E-state index in [2.05, 4.69) is 11.9 Å². The Balaban J connectivity index is 1.98. The first-order valence-electron chi connectivity index (χ1n) is 6.64. The highest BCUT2D eigenvalue weighted by atomic mass is 32.2. The summed E-state index contributed by atoms with van der Waals surface area (Å²) >= 11 is 1.32. The molecule has 22 heavy (non-hydrogen) atoms. The molecule has 2 N–H and O–H groups in total. The van der Waals surface area contributed by atoms with Crippen LogP contribution in [0.15, 0.2) is 12.7 Å². The number of alkyl carbamates (subject to hydrolysis) is 1. The molecule has 8 nitrogen and oxygen atoms in total. The van der Waals surface area contributed by atoms with Crippen molar-refractivity contribution in [1.82, 2.24) is 10.2 Å². The molecule has 0 spiro atoms. The van der Waals surface area contributed by atoms with Gasteiger partial charge in [0.1, 0.15) is 23.4 Å². The van der Waals surface area contributed by atoms with Gasteiger partial charge in [-0.3, -0.25) is 9.59 Å². The van der Waals surface area contributed by atoms with E-state index >= 15 is 0 Å². The first kappa shape index (κ1) is 16.6. The topological polar surface area (TPSA) is 105 Å². The van der Waals surface area contributed by atoms with Crippen LogP contribution in [-0.4, -0.2) is 72.0 Å². The van der Waals surface area contributed by atoms with E-state index in [9.17, 15) is 19.5 Å². The lowest BCUT2D eigenvalue weighted by Gasteiger charge is -2.53. The minimum Gasteiger partial charge on any atom is -0.481 e. The number of carbonyl (C=O) groups is 3. The number of carbonyl (C=O) groups excluding carboxylic acids is 2. The standard InChI is InChI=1S/C13H18N2O6S/c1-3-4-21-12(19)14-8-9(16)15-5-13(6-20-2,11(17)18)7-22-10(8)15/h3,8,10H,1,4-7H2,2H3,(H,14,19)(H,17,18)/t8?,10-,13?/m1/s1. The molecule has 3 atom stereocenters. The molecule has 2 fully saturated rings. The summed E-state index contributed by atoms with van der Waals surface area (Å²) in [6.45, 7) is 3.59. The monoisotopic (exact) mass is 330 g/mol. The molecule has 0 aliphatic carbocycles. The SMILES string of the molecule is C=CCOC(=O)NC1C(=O)N2CC(COC)(C(=O)O)CS[C@H]12. The number of ether oxygens (including phenoxy) is 2. The molecule has 0 aromatic rings. The first-order valence-corrected chi connectivity index (χ1v) is 7.68. The number of amides is 2. The molecule has 9 heteroatoms. The van der Waals surface area contributed by atoms with Gasteiger partial charge < -0.3 is 24.8 Å². The summed E-state index contributed by atoms with van der Waals surface area (Å²) in [6.07, 6.45) is 0.737. The van der Waals surface area contributed by atoms with Crippen molar-refractivity contribution in [3.8, 4) is 0 Å². The second-order valence-corrected chi connectivity index (χ2v) is 6.30. The number of aliphatic carboxylic acids is 1. The summed E-state index contributed by atoms with van der Waals surface area (Å²) in [6, 6.07) is -0.684. The zero-order valence-corrected chi connectivity index (χ0v) is 12.9. The Kier molecular flexibility index (Phi) is 4.97. The van der Waals surface area contributed by atoms with Gasteiger partial charge in [0.15, 0.2) is 0 Å². The molecule has 2 heterocycles. The van der Waals surface area contributed by atoms with E-state index in [0.717, 1.165) is 0 Å². The first-order chi connectivity index (χ1) is 10.4. The van der Waals surface area contributed by atoms with Gasteiger partial charge >= 0.3 is 12.1 Å². The van der Waals surface area contributed by atoms with E-state index in [4.69, 9.17) is 9.47 Å². The quantitative estimate of drug-likeness (QED) is 0.517. The van der Waals surface area contributed by atoms with Crippen LogP contribution in [0.4, 0.5) is 4.79 Å². The van der Waals surface area contributed by atoms with Crippen molar-refractivity contribution < 1.29 is 29.0 Å². The Morgan fingerprint density at radius 2 is 2.36 bits per heavy atom. The van der Waals surface area contributed by atoms with Crippen molar-refractivity contribution in [2.45, 2.75) is 11.4 Å². The van der Waals surface area contributed by atoms with E-state index in [1.54, 1.807) is 0 Å². The number of nitrogens with zero attached hydrogens (tertiary/aromatic N) is 1. The average Bonchev–Trinajstić information content (AvgIpc) is 2.50. The summed E-state index contributed by atoms with van der Waals surface area (Å²) in [5.41, 5.74) is -1.11. The van der Waals surface area contributed by atoms with Crippen molar-refractivity contribution in [2.24, 2.45) is 5.41 Å². The molecule has 0 saturated carbocycles. The third-order valence-electron chi connectivity index (χ3n) is 3.62. The molecule has 0 bridgehead atoms. The third-order valence-corrected chi connectivity index (χ3v) is 5.21. The molecule has 2 unspecified atom stereocenters. The Labute approximate surface area is 131 Å². The van der Waals surface area contributed by atoms with Crippen LogP contribution >= 0.6 is 11.8 Å². The number of carboxylic acids is 1. The number of carboxylic acid groups (broad SMARTS) is 1. The summed E-state index contributed by atoms with van der Waals surface area (Å²) in [4.78, 5) is 36.6. The van der Waals surface area contributed by atoms with E-state index in [1.807, 2.05) is 0 Å². The van der Waals surface area contributed by atoms with Gasteiger partial charge in [0.2, 0.25) is 5.91 Å². The Morgan fingerprint density at radius 3 is 2.95 bits per heavy atom. The molecule has 2 aliphatic heterocycles. The maximum Gasteiger partial charge on any atom is 0.408 e. The lowest BCUT2D eigenvalue weighted by molar-refractivity contribution is -0.160. The second-order valence-electron chi connectivity index (χ2n) is 5.20. The fourth-order valence-corrected chi connectivity index (χ4v) is 4.01. The zero-order valence-electron chi connectivity index (χ0n) is 12.1. The second kappa shape index (κ2) is 6.57. The predicted molar refractivity (Wildman–Crippen MR) is 78.4 cm³/mol. The highest BCUT2D eigenvalue weighted by Crippen LogP contribution is 2.42. The van der Waals surface area contributed by atoms with Gasteiger partial charge in [-0.05, 0) is 0 Å². The smallest absolute Gasteiger partial charge is 0.408 e. The molecule has 2 aliphatic rings. The summed E-state index contributed by atoms with van der Waals surface area (Å²) < 4.78 is 9.77. The largest absolute Gasteiger partial charge is 0.481 e. The lowest BCUT2D eigenvalue weighted by Crippen LogP contribution is -2.74. The van der Waals surface area contributed by atoms with Gasteiger partial charge in [0, 0.05) is 19.4 Å². The third kappa shape index (κ3) is 2.91. The van der Waals surface area contributed by atoms with Gasteiger partial charge in [-0.25, -0.2) is 4.79 Å². The van der Waals surface area contributed by atoms with Crippen molar-refractivity contribution in [2.75, 3.05) is 32.6 Å². The molecule has 2 amide bonds. The normalized spacial score (nSPS) is 30.0. The average molecular weight is 330 g/mol. The highest BCUT2D eigenvalue weighted by Gasteiger charge is 2.57. The Morgan fingerprint density at radius 1 is 1.64 bits per heavy atom. The Hall–Kier alpha value is -1.74. The summed E-state index contributed by atoms with van der Waals surface area (Å²) in [5.74, 6) is -0.991. The number of rotatable bonds is 6. The molecule has 2 saturated heterocycles. The predicted octanol–water partition coefficient (Wildman–Crippen LogP) is -0.100. The fourth-order valence-electron chi connectivity index (χ4n) is 2.49. The van der Waals surface area contributed by atoms with Gasteiger partial charge in [-0.1, -0.05) is 12.7 Å². The van der Waals surface area contributed by atoms with Crippen LogP contribution < -0.4 is 5.32 Å². The van der Waals surface area contributed by atoms with Crippen molar-refractivity contribution >= 4 is 29.7 Å². The van der Waals surface area contributed by atoms with E-state index in [0.29, 0.717) is 5.75 Å². The fraction of sp³-hybridized carbons (Fsp3) is 0.615. The summed E-state index contributed by atoms with van der Waals surface area (Å²) in [7, 11) is 1.43. The van der Waals surface area contributed by atoms with Crippen LogP contribution in [-0.2, 0) is 19.1 Å². The maximum absolute atomic E-state index is 12.1. The Bertz CT molecular complexity index is 499. The van der Waals surface area contributed by atoms with Crippen LogP contribution in [0.25, 0.3) is 0 Å². The van der Waals surface area contributed by atoms with Crippen LogP contribution in [0.5, 0.6) is 0 Å². The molecular formula is C13H18N2O6S. The van der Waals surface area contributed by atoms with Crippen LogP contribution in [0.3, 0.4) is 0 Å².